The summed E-state index contributed by atoms with van der Waals surface area (Å²) in [6.07, 6.45) is 0. The first-order chi connectivity index (χ1) is 21.5. The highest BCUT2D eigenvalue weighted by molar-refractivity contribution is 8.00. The van der Waals surface area contributed by atoms with E-state index in [1.807, 2.05) is 0 Å². The zero-order chi connectivity index (χ0) is 32.0. The molecule has 0 unspecified atom stereocenters. The summed E-state index contributed by atoms with van der Waals surface area (Å²) in [5, 5.41) is 7.38. The van der Waals surface area contributed by atoms with Crippen molar-refractivity contribution in [3.05, 3.63) is 92.9 Å². The minimum atomic E-state index is -3.90. The molecule has 3 atom stereocenters. The van der Waals surface area contributed by atoms with E-state index in [4.69, 9.17) is 14.6 Å². The monoisotopic (exact) mass is 666 g/mol. The number of anilines is 2. The molecule has 12 nitrogen and oxygen atoms in total. The SMILES string of the molecule is COc1ccc([C@@H]2c3sc(=O)n(CC(=O)Nc4ccc(S(N)(=O)=O)cc4)c3S[C@H]3C(=O)N(c4ccc(OC)cc4)C(=O)[C@@H]23)cc1. The number of hydrogen-bond acceptors (Lipinski definition) is 10. The number of amides is 3. The molecule has 1 saturated heterocycles. The quantitative estimate of drug-likeness (QED) is 0.269. The van der Waals surface area contributed by atoms with Gasteiger partial charge in [0, 0.05) is 16.5 Å². The van der Waals surface area contributed by atoms with Crippen LogP contribution in [-0.4, -0.2) is 50.2 Å². The molecule has 3 N–H and O–H groups in total. The second-order valence-electron chi connectivity index (χ2n) is 10.3. The zero-order valence-corrected chi connectivity index (χ0v) is 26.3. The van der Waals surface area contributed by atoms with Crippen molar-refractivity contribution < 1.29 is 32.3 Å². The van der Waals surface area contributed by atoms with Crippen LogP contribution in [0.3, 0.4) is 0 Å². The average Bonchev–Trinajstić information content (AvgIpc) is 3.47. The van der Waals surface area contributed by atoms with Crippen LogP contribution >= 0.6 is 23.1 Å². The van der Waals surface area contributed by atoms with Crippen molar-refractivity contribution in [3.8, 4) is 11.5 Å². The first-order valence-corrected chi connectivity index (χ1v) is 16.7. The molecule has 0 saturated carbocycles. The minimum Gasteiger partial charge on any atom is -0.497 e. The molecule has 3 aromatic carbocycles. The van der Waals surface area contributed by atoms with Crippen molar-refractivity contribution >= 4 is 62.2 Å². The predicted octanol–water partition coefficient (Wildman–Crippen LogP) is 3.01. The number of hydrogen-bond donors (Lipinski definition) is 2. The number of sulfonamides is 1. The number of carbonyl (C=O) groups is 3. The predicted molar refractivity (Wildman–Crippen MR) is 168 cm³/mol. The van der Waals surface area contributed by atoms with Gasteiger partial charge in [0.05, 0.1) is 35.7 Å². The van der Waals surface area contributed by atoms with Gasteiger partial charge in [-0.15, -0.1) is 0 Å². The average molecular weight is 667 g/mol. The Hall–Kier alpha value is -4.44. The van der Waals surface area contributed by atoms with Crippen LogP contribution in [0.4, 0.5) is 11.4 Å². The van der Waals surface area contributed by atoms with Gasteiger partial charge in [0.1, 0.15) is 23.3 Å². The van der Waals surface area contributed by atoms with Gasteiger partial charge in [0.25, 0.3) is 0 Å². The van der Waals surface area contributed by atoms with Crippen molar-refractivity contribution in [1.82, 2.24) is 4.57 Å². The molecule has 0 aliphatic carbocycles. The standard InChI is InChI=1S/C30H26N4O8S3/c1-41-19-9-3-16(4-10-19)23-24-25(28(37)34(27(24)36)18-7-11-20(42-2)12-8-18)43-29-26(23)44-30(38)33(29)15-22(35)32-17-5-13-21(14-6-17)45(31,39)40/h3-14,23-25H,15H2,1-2H3,(H,32,35)(H2,31,39,40)/t23-,24-,25+/m0/s1. The lowest BCUT2D eigenvalue weighted by molar-refractivity contribution is -0.122. The summed E-state index contributed by atoms with van der Waals surface area (Å²) in [7, 11) is -0.844. The lowest BCUT2D eigenvalue weighted by Gasteiger charge is -2.30. The number of nitrogens with zero attached hydrogens (tertiary/aromatic N) is 2. The molecule has 4 aromatic rings. The van der Waals surface area contributed by atoms with E-state index in [2.05, 4.69) is 5.32 Å². The molecule has 3 amide bonds. The number of thioether (sulfide) groups is 1. The number of rotatable bonds is 8. The van der Waals surface area contributed by atoms with Gasteiger partial charge < -0.3 is 14.8 Å². The molecular formula is C30H26N4O8S3. The van der Waals surface area contributed by atoms with E-state index in [1.54, 1.807) is 48.5 Å². The fourth-order valence-electron chi connectivity index (χ4n) is 5.48. The summed E-state index contributed by atoms with van der Waals surface area (Å²) in [6, 6.07) is 19.0. The number of thiazole rings is 1. The molecule has 1 fully saturated rings. The highest BCUT2D eigenvalue weighted by Crippen LogP contribution is 2.54. The largest absolute Gasteiger partial charge is 0.497 e. The summed E-state index contributed by atoms with van der Waals surface area (Å²) in [6.45, 7) is -0.369. The van der Waals surface area contributed by atoms with Crippen LogP contribution in [0.25, 0.3) is 0 Å². The van der Waals surface area contributed by atoms with E-state index >= 15 is 0 Å². The number of ether oxygens (including phenoxy) is 2. The van der Waals surface area contributed by atoms with Crippen LogP contribution in [0.2, 0.25) is 0 Å². The van der Waals surface area contributed by atoms with Crippen LogP contribution in [0.5, 0.6) is 11.5 Å². The van der Waals surface area contributed by atoms with Gasteiger partial charge in [-0.1, -0.05) is 35.2 Å². The Bertz CT molecular complexity index is 1970. The van der Waals surface area contributed by atoms with E-state index < -0.39 is 43.8 Å². The van der Waals surface area contributed by atoms with Crippen LogP contribution in [0.1, 0.15) is 16.4 Å². The van der Waals surface area contributed by atoms with Gasteiger partial charge in [-0.2, -0.15) is 0 Å². The second-order valence-corrected chi connectivity index (χ2v) is 14.0. The van der Waals surface area contributed by atoms with Crippen molar-refractivity contribution in [1.29, 1.82) is 0 Å². The lowest BCUT2D eigenvalue weighted by atomic mass is 9.83. The zero-order valence-electron chi connectivity index (χ0n) is 23.8. The Kier molecular flexibility index (Phi) is 8.03. The van der Waals surface area contributed by atoms with Crippen LogP contribution in [-0.2, 0) is 31.0 Å². The maximum absolute atomic E-state index is 14.0. The number of methoxy groups -OCH3 is 2. The van der Waals surface area contributed by atoms with E-state index in [-0.39, 0.29) is 17.3 Å². The number of carbonyl (C=O) groups excluding carboxylic acids is 3. The number of aromatic nitrogens is 1. The molecule has 2 aliphatic rings. The van der Waals surface area contributed by atoms with Gasteiger partial charge in [0.15, 0.2) is 0 Å². The van der Waals surface area contributed by atoms with Crippen molar-refractivity contribution in [2.45, 2.75) is 27.6 Å². The van der Waals surface area contributed by atoms with E-state index in [0.717, 1.165) is 28.7 Å². The van der Waals surface area contributed by atoms with Crippen LogP contribution in [0, 0.1) is 5.92 Å². The third kappa shape index (κ3) is 5.63. The van der Waals surface area contributed by atoms with Gasteiger partial charge in [-0.05, 0) is 66.2 Å². The molecule has 2 aliphatic heterocycles. The summed E-state index contributed by atoms with van der Waals surface area (Å²) in [4.78, 5) is 55.6. The molecule has 232 valence electrons. The van der Waals surface area contributed by atoms with Gasteiger partial charge in [-0.3, -0.25) is 23.7 Å². The topological polar surface area (TPSA) is 167 Å². The number of nitrogens with one attached hydrogen (secondary N) is 1. The number of primary sulfonamides is 1. The number of benzene rings is 3. The minimum absolute atomic E-state index is 0.112. The second kappa shape index (κ2) is 11.8. The lowest BCUT2D eigenvalue weighted by Crippen LogP contribution is -2.33. The van der Waals surface area contributed by atoms with Crippen LogP contribution in [0.15, 0.2) is 87.5 Å². The van der Waals surface area contributed by atoms with Gasteiger partial charge in [-0.25, -0.2) is 18.5 Å². The maximum atomic E-state index is 14.0. The summed E-state index contributed by atoms with van der Waals surface area (Å²) in [5.41, 5.74) is 1.43. The molecular weight excluding hydrogens is 641 g/mol. The molecule has 15 heteroatoms. The molecule has 0 radical (unpaired) electrons. The Morgan fingerprint density at radius 2 is 1.49 bits per heavy atom. The van der Waals surface area contributed by atoms with E-state index in [0.29, 0.717) is 32.8 Å². The molecule has 1 aromatic heterocycles. The summed E-state index contributed by atoms with van der Waals surface area (Å²) >= 11 is 2.04. The smallest absolute Gasteiger partial charge is 0.308 e. The van der Waals surface area contributed by atoms with E-state index in [1.165, 1.54) is 48.0 Å². The Labute approximate surface area is 265 Å². The highest BCUT2D eigenvalue weighted by atomic mass is 32.2. The third-order valence-electron chi connectivity index (χ3n) is 7.62. The van der Waals surface area contributed by atoms with Crippen molar-refractivity contribution in [3.63, 3.8) is 0 Å². The number of nitrogens with two attached hydrogens (primary N) is 1. The van der Waals surface area contributed by atoms with Gasteiger partial charge >= 0.3 is 4.87 Å². The summed E-state index contributed by atoms with van der Waals surface area (Å²) < 4.78 is 34.9. The normalized spacial score (nSPS) is 19.2. The Balaban J connectivity index is 1.36. The fraction of sp³-hybridized carbons (Fsp3) is 0.200. The molecule has 3 heterocycles. The first-order valence-electron chi connectivity index (χ1n) is 13.5. The summed E-state index contributed by atoms with van der Waals surface area (Å²) in [5.74, 6) is -1.61. The van der Waals surface area contributed by atoms with Crippen LogP contribution < -0.4 is 29.7 Å². The number of fused-ring (bicyclic) bond motifs is 2. The maximum Gasteiger partial charge on any atom is 0.308 e. The number of imide groups is 1. The first kappa shape index (κ1) is 30.6. The highest BCUT2D eigenvalue weighted by Gasteiger charge is 2.56. The molecule has 0 spiro atoms. The van der Waals surface area contributed by atoms with Gasteiger partial charge in [0.2, 0.25) is 27.7 Å². The Morgan fingerprint density at radius 1 is 0.889 bits per heavy atom. The molecule has 6 rings (SSSR count). The fourth-order valence-corrected chi connectivity index (χ4v) is 8.77. The third-order valence-corrected chi connectivity index (χ3v) is 11.2. The molecule has 45 heavy (non-hydrogen) atoms. The van der Waals surface area contributed by atoms with E-state index in [9.17, 15) is 27.6 Å². The molecule has 0 bridgehead atoms. The van der Waals surface area contributed by atoms with Crippen molar-refractivity contribution in [2.75, 3.05) is 24.4 Å². The van der Waals surface area contributed by atoms with Crippen molar-refractivity contribution in [2.24, 2.45) is 11.1 Å². The Morgan fingerprint density at radius 3 is 2.07 bits per heavy atom.